The lowest BCUT2D eigenvalue weighted by Crippen LogP contribution is -2.48. The summed E-state index contributed by atoms with van der Waals surface area (Å²) >= 11 is 0. The lowest BCUT2D eigenvalue weighted by atomic mass is 10.0. The first-order valence-corrected chi connectivity index (χ1v) is 18.4. The first-order valence-electron chi connectivity index (χ1n) is 16.9. The molecule has 0 saturated heterocycles. The van der Waals surface area contributed by atoms with Crippen molar-refractivity contribution in [1.82, 2.24) is 9.21 Å². The molecule has 3 aromatic carbocycles. The lowest BCUT2D eigenvalue weighted by Gasteiger charge is -2.35. The summed E-state index contributed by atoms with van der Waals surface area (Å²) in [6.07, 6.45) is 1.44. The molecule has 0 aromatic heterocycles. The van der Waals surface area contributed by atoms with E-state index in [9.17, 15) is 23.1 Å². The third-order valence-corrected chi connectivity index (χ3v) is 10.7. The van der Waals surface area contributed by atoms with Crippen LogP contribution in [-0.2, 0) is 14.8 Å². The highest BCUT2D eigenvalue weighted by Crippen LogP contribution is 2.29. The third kappa shape index (κ3) is 10.2. The number of fused-ring (bicyclic) bond motifs is 1. The number of hydrogen-bond acceptors (Lipinski definition) is 8. The Morgan fingerprint density at radius 2 is 1.70 bits per heavy atom. The second-order valence-electron chi connectivity index (χ2n) is 12.9. The van der Waals surface area contributed by atoms with E-state index in [4.69, 9.17) is 14.2 Å². The molecule has 272 valence electrons. The number of benzene rings is 3. The smallest absolute Gasteiger partial charge is 0.323 e. The van der Waals surface area contributed by atoms with Gasteiger partial charge in [-0.15, -0.1) is 0 Å². The van der Waals surface area contributed by atoms with E-state index < -0.39 is 34.1 Å². The maximum absolute atomic E-state index is 14.4. The van der Waals surface area contributed by atoms with Crippen LogP contribution in [0.15, 0.2) is 71.6 Å². The molecule has 3 amide bonds. The van der Waals surface area contributed by atoms with Gasteiger partial charge in [0, 0.05) is 44.0 Å². The standard InChI is InChI=1S/C37H50N4O8S/c1-25-10-17-32(18-11-25)50(45,46)40(5)23-35-26(2)22-41(27(3)24-42)36(43)33-21-30(14-19-34(33)49-28(4)9-7-8-20-48-35)39-37(44)38-29-12-15-31(47-6)16-13-29/h10-19,21,26-28,35,42H,7-9,20,22-24H2,1-6H3,(H2,38,39,44)/t26-,27-,28+,35+/m1/s1. The second-order valence-corrected chi connectivity index (χ2v) is 15.0. The van der Waals surface area contributed by atoms with Gasteiger partial charge in [0.25, 0.3) is 5.91 Å². The monoisotopic (exact) mass is 710 g/mol. The quantitative estimate of drug-likeness (QED) is 0.254. The Hall–Kier alpha value is -4.17. The summed E-state index contributed by atoms with van der Waals surface area (Å²) in [4.78, 5) is 29.0. The molecular weight excluding hydrogens is 660 g/mol. The number of rotatable bonds is 9. The minimum atomic E-state index is -3.80. The average molecular weight is 711 g/mol. The first kappa shape index (κ1) is 38.6. The van der Waals surface area contributed by atoms with Crippen LogP contribution in [0.2, 0.25) is 0 Å². The Morgan fingerprint density at radius 3 is 2.36 bits per heavy atom. The van der Waals surface area contributed by atoms with Crippen LogP contribution in [0.3, 0.4) is 0 Å². The summed E-state index contributed by atoms with van der Waals surface area (Å²) in [5.74, 6) is 0.283. The highest BCUT2D eigenvalue weighted by atomic mass is 32.2. The number of aliphatic hydroxyl groups is 1. The van der Waals surface area contributed by atoms with E-state index in [1.807, 2.05) is 20.8 Å². The zero-order chi connectivity index (χ0) is 36.4. The van der Waals surface area contributed by atoms with Gasteiger partial charge in [-0.3, -0.25) is 4.79 Å². The number of aliphatic hydroxyl groups excluding tert-OH is 1. The summed E-state index contributed by atoms with van der Waals surface area (Å²) < 4.78 is 46.1. The zero-order valence-electron chi connectivity index (χ0n) is 29.7. The fraction of sp³-hybridized carbons (Fsp3) is 0.459. The molecule has 3 N–H and O–H groups in total. The van der Waals surface area contributed by atoms with Gasteiger partial charge in [0.1, 0.15) is 11.5 Å². The van der Waals surface area contributed by atoms with E-state index in [1.54, 1.807) is 85.7 Å². The zero-order valence-corrected chi connectivity index (χ0v) is 30.5. The molecule has 12 nitrogen and oxygen atoms in total. The number of nitrogens with one attached hydrogen (secondary N) is 2. The molecule has 0 radical (unpaired) electrons. The molecule has 0 bridgehead atoms. The van der Waals surface area contributed by atoms with Crippen LogP contribution in [0.25, 0.3) is 0 Å². The Morgan fingerprint density at radius 1 is 1.04 bits per heavy atom. The van der Waals surface area contributed by atoms with Gasteiger partial charge < -0.3 is 34.9 Å². The normalized spacial score (nSPS) is 19.9. The maximum atomic E-state index is 14.4. The fourth-order valence-electron chi connectivity index (χ4n) is 5.67. The molecule has 0 spiro atoms. The van der Waals surface area contributed by atoms with E-state index in [-0.39, 0.29) is 42.2 Å². The molecule has 4 rings (SSSR count). The maximum Gasteiger partial charge on any atom is 0.323 e. The van der Waals surface area contributed by atoms with Crippen LogP contribution in [0.1, 0.15) is 56.0 Å². The number of amides is 3. The Labute approximate surface area is 295 Å². The summed E-state index contributed by atoms with van der Waals surface area (Å²) in [5, 5.41) is 15.8. The van der Waals surface area contributed by atoms with Gasteiger partial charge in [0.05, 0.1) is 42.4 Å². The molecule has 0 saturated carbocycles. The van der Waals surface area contributed by atoms with Gasteiger partial charge in [-0.2, -0.15) is 4.31 Å². The molecule has 3 aromatic rings. The van der Waals surface area contributed by atoms with Gasteiger partial charge in [0.15, 0.2) is 0 Å². The topological polar surface area (TPSA) is 147 Å². The second kappa shape index (κ2) is 17.7. The molecule has 50 heavy (non-hydrogen) atoms. The molecule has 0 aliphatic carbocycles. The van der Waals surface area contributed by atoms with Crippen LogP contribution in [0.4, 0.5) is 16.2 Å². The van der Waals surface area contributed by atoms with Gasteiger partial charge in [-0.05, 0) is 94.6 Å². The average Bonchev–Trinajstić information content (AvgIpc) is 3.09. The number of likely N-dealkylation sites (N-methyl/N-ethyl adjacent to an activating group) is 1. The van der Waals surface area contributed by atoms with Crippen LogP contribution < -0.4 is 20.1 Å². The first-order chi connectivity index (χ1) is 23.8. The van der Waals surface area contributed by atoms with Gasteiger partial charge in [-0.1, -0.05) is 24.6 Å². The van der Waals surface area contributed by atoms with Crippen molar-refractivity contribution in [2.24, 2.45) is 5.92 Å². The summed E-state index contributed by atoms with van der Waals surface area (Å²) in [5.41, 5.74) is 2.11. The fourth-order valence-corrected chi connectivity index (χ4v) is 6.86. The molecule has 1 heterocycles. The minimum absolute atomic E-state index is 0.0698. The molecule has 1 aliphatic rings. The van der Waals surface area contributed by atoms with Crippen LogP contribution in [0.5, 0.6) is 11.5 Å². The number of carbonyl (C=O) groups excluding carboxylic acids is 2. The molecule has 13 heteroatoms. The van der Waals surface area contributed by atoms with E-state index in [1.165, 1.54) is 11.4 Å². The number of urea groups is 1. The van der Waals surface area contributed by atoms with Gasteiger partial charge in [-0.25, -0.2) is 13.2 Å². The van der Waals surface area contributed by atoms with Crippen molar-refractivity contribution in [3.05, 3.63) is 77.9 Å². The van der Waals surface area contributed by atoms with Crippen molar-refractivity contribution in [3.8, 4) is 11.5 Å². The highest BCUT2D eigenvalue weighted by molar-refractivity contribution is 7.89. The number of aryl methyl sites for hydroxylation is 1. The number of nitrogens with zero attached hydrogens (tertiary/aromatic N) is 2. The Balaban J connectivity index is 1.61. The van der Waals surface area contributed by atoms with Crippen LogP contribution in [0, 0.1) is 12.8 Å². The Bertz CT molecular complexity index is 1680. The predicted octanol–water partition coefficient (Wildman–Crippen LogP) is 5.76. The van der Waals surface area contributed by atoms with E-state index in [0.29, 0.717) is 35.9 Å². The molecular formula is C37H50N4O8S. The van der Waals surface area contributed by atoms with Crippen molar-refractivity contribution in [1.29, 1.82) is 0 Å². The number of carbonyl (C=O) groups is 2. The molecule has 0 unspecified atom stereocenters. The SMILES string of the molecule is COc1ccc(NC(=O)Nc2ccc3c(c2)C(=O)N([C@H](C)CO)C[C@@H](C)[C@H](CN(C)S(=O)(=O)c2ccc(C)cc2)OCCCC[C@H](C)O3)cc1. The number of anilines is 2. The van der Waals surface area contributed by atoms with E-state index in [0.717, 1.165) is 18.4 Å². The highest BCUT2D eigenvalue weighted by Gasteiger charge is 2.32. The lowest BCUT2D eigenvalue weighted by molar-refractivity contribution is -0.00833. The molecule has 4 atom stereocenters. The summed E-state index contributed by atoms with van der Waals surface area (Å²) in [7, 11) is -0.706. The van der Waals surface area contributed by atoms with E-state index >= 15 is 0 Å². The van der Waals surface area contributed by atoms with Gasteiger partial charge >= 0.3 is 6.03 Å². The summed E-state index contributed by atoms with van der Waals surface area (Å²) in [6, 6.07) is 17.4. The van der Waals surface area contributed by atoms with Gasteiger partial charge in [0.2, 0.25) is 10.0 Å². The molecule has 0 fully saturated rings. The largest absolute Gasteiger partial charge is 0.497 e. The van der Waals surface area contributed by atoms with E-state index in [2.05, 4.69) is 10.6 Å². The number of sulfonamides is 1. The third-order valence-electron chi connectivity index (χ3n) is 8.82. The number of methoxy groups -OCH3 is 1. The van der Waals surface area contributed by atoms with Crippen molar-refractivity contribution in [2.45, 2.75) is 70.1 Å². The van der Waals surface area contributed by atoms with Crippen molar-refractivity contribution < 1.29 is 37.3 Å². The number of ether oxygens (including phenoxy) is 3. The summed E-state index contributed by atoms with van der Waals surface area (Å²) in [6.45, 7) is 7.82. The van der Waals surface area contributed by atoms with Crippen molar-refractivity contribution >= 4 is 33.3 Å². The predicted molar refractivity (Wildman–Crippen MR) is 194 cm³/mol. The molecule has 1 aliphatic heterocycles. The van der Waals surface area contributed by atoms with Crippen LogP contribution in [-0.4, -0.2) is 93.4 Å². The van der Waals surface area contributed by atoms with Crippen molar-refractivity contribution in [2.75, 3.05) is 51.1 Å². The minimum Gasteiger partial charge on any atom is -0.497 e. The Kier molecular flexibility index (Phi) is 13.6. The number of hydrogen-bond donors (Lipinski definition) is 3. The van der Waals surface area contributed by atoms with Crippen molar-refractivity contribution in [3.63, 3.8) is 0 Å². The van der Waals surface area contributed by atoms with Crippen LogP contribution >= 0.6 is 0 Å².